The van der Waals surface area contributed by atoms with E-state index in [0.29, 0.717) is 0 Å². The van der Waals surface area contributed by atoms with Crippen LogP contribution in [0.5, 0.6) is 0 Å². The SMILES string of the molecule is Cn1ccnc1-n1ccc2c[c]ccc21. The molecule has 0 N–H and O–H groups in total. The lowest BCUT2D eigenvalue weighted by Crippen LogP contribution is -2.00. The van der Waals surface area contributed by atoms with E-state index in [9.17, 15) is 0 Å². The molecule has 3 rings (SSSR count). The fourth-order valence-corrected chi connectivity index (χ4v) is 1.79. The second kappa shape index (κ2) is 2.98. The molecule has 0 spiro atoms. The van der Waals surface area contributed by atoms with Crippen LogP contribution < -0.4 is 0 Å². The first kappa shape index (κ1) is 8.29. The summed E-state index contributed by atoms with van der Waals surface area (Å²) in [4.78, 5) is 4.32. The molecular formula is C12H10N3. The van der Waals surface area contributed by atoms with Gasteiger partial charge >= 0.3 is 0 Å². The van der Waals surface area contributed by atoms with Crippen molar-refractivity contribution in [2.24, 2.45) is 7.05 Å². The number of nitrogens with zero attached hydrogens (tertiary/aromatic N) is 3. The summed E-state index contributed by atoms with van der Waals surface area (Å²) in [6.45, 7) is 0. The van der Waals surface area contributed by atoms with Crippen molar-refractivity contribution in [1.29, 1.82) is 0 Å². The molecule has 3 aromatic rings. The Kier molecular flexibility index (Phi) is 1.65. The largest absolute Gasteiger partial charge is 0.320 e. The molecule has 1 aromatic carbocycles. The number of fused-ring (bicyclic) bond motifs is 1. The third kappa shape index (κ3) is 1.16. The van der Waals surface area contributed by atoms with Gasteiger partial charge in [-0.15, -0.1) is 0 Å². The van der Waals surface area contributed by atoms with Crippen LogP contribution in [0.15, 0.2) is 42.9 Å². The zero-order valence-corrected chi connectivity index (χ0v) is 8.38. The summed E-state index contributed by atoms with van der Waals surface area (Å²) >= 11 is 0. The summed E-state index contributed by atoms with van der Waals surface area (Å²) in [7, 11) is 1.99. The van der Waals surface area contributed by atoms with E-state index in [0.717, 1.165) is 11.5 Å². The highest BCUT2D eigenvalue weighted by molar-refractivity contribution is 5.81. The van der Waals surface area contributed by atoms with E-state index in [4.69, 9.17) is 0 Å². The lowest BCUT2D eigenvalue weighted by atomic mass is 10.2. The minimum atomic E-state index is 0.927. The predicted molar refractivity (Wildman–Crippen MR) is 58.9 cm³/mol. The second-order valence-electron chi connectivity index (χ2n) is 3.51. The van der Waals surface area contributed by atoms with Crippen LogP contribution in [0.25, 0.3) is 16.9 Å². The maximum atomic E-state index is 4.32. The Morgan fingerprint density at radius 1 is 1.27 bits per heavy atom. The van der Waals surface area contributed by atoms with Gasteiger partial charge in [-0.25, -0.2) is 4.98 Å². The van der Waals surface area contributed by atoms with Gasteiger partial charge in [-0.2, -0.15) is 0 Å². The summed E-state index contributed by atoms with van der Waals surface area (Å²) < 4.78 is 4.07. The zero-order chi connectivity index (χ0) is 10.3. The first-order chi connectivity index (χ1) is 7.36. The molecule has 1 radical (unpaired) electrons. The smallest absolute Gasteiger partial charge is 0.213 e. The normalized spacial score (nSPS) is 11.0. The first-order valence-electron chi connectivity index (χ1n) is 4.81. The van der Waals surface area contributed by atoms with Gasteiger partial charge in [0.05, 0.1) is 5.52 Å². The Hall–Kier alpha value is -2.03. The third-order valence-electron chi connectivity index (χ3n) is 2.55. The molecule has 0 atom stereocenters. The number of aromatic nitrogens is 3. The fourth-order valence-electron chi connectivity index (χ4n) is 1.79. The standard InChI is InChI=1S/C12H10N3/c1-14-9-7-13-12(14)15-8-6-10-4-2-3-5-11(10)15/h3-9H,1H3. The van der Waals surface area contributed by atoms with Gasteiger partial charge in [0.2, 0.25) is 5.95 Å². The summed E-state index contributed by atoms with van der Waals surface area (Å²) in [6, 6.07) is 11.1. The fraction of sp³-hybridized carbons (Fsp3) is 0.0833. The molecule has 2 aromatic heterocycles. The first-order valence-corrected chi connectivity index (χ1v) is 4.81. The van der Waals surface area contributed by atoms with Crippen LogP contribution >= 0.6 is 0 Å². The van der Waals surface area contributed by atoms with Crippen LogP contribution in [0, 0.1) is 6.07 Å². The van der Waals surface area contributed by atoms with Crippen molar-refractivity contribution in [3.8, 4) is 5.95 Å². The number of hydrogen-bond donors (Lipinski definition) is 0. The van der Waals surface area contributed by atoms with Gasteiger partial charge in [-0.05, 0) is 24.3 Å². The van der Waals surface area contributed by atoms with E-state index >= 15 is 0 Å². The van der Waals surface area contributed by atoms with Gasteiger partial charge in [0.15, 0.2) is 0 Å². The monoisotopic (exact) mass is 196 g/mol. The summed E-state index contributed by atoms with van der Waals surface area (Å²) in [5.41, 5.74) is 1.16. The van der Waals surface area contributed by atoms with Crippen molar-refractivity contribution in [3.05, 3.63) is 48.9 Å². The Morgan fingerprint density at radius 2 is 2.20 bits per heavy atom. The van der Waals surface area contributed by atoms with Gasteiger partial charge in [-0.3, -0.25) is 4.57 Å². The van der Waals surface area contributed by atoms with Crippen molar-refractivity contribution in [1.82, 2.24) is 14.1 Å². The Balaban J connectivity index is 2.32. The van der Waals surface area contributed by atoms with Crippen LogP contribution in [0.4, 0.5) is 0 Å². The van der Waals surface area contributed by atoms with E-state index in [-0.39, 0.29) is 0 Å². The third-order valence-corrected chi connectivity index (χ3v) is 2.55. The predicted octanol–water partition coefficient (Wildman–Crippen LogP) is 2.16. The van der Waals surface area contributed by atoms with Crippen LogP contribution in [-0.2, 0) is 7.05 Å². The highest BCUT2D eigenvalue weighted by Gasteiger charge is 2.05. The number of rotatable bonds is 1. The molecule has 3 nitrogen and oxygen atoms in total. The molecular weight excluding hydrogens is 186 g/mol. The lowest BCUT2D eigenvalue weighted by Gasteiger charge is -2.04. The van der Waals surface area contributed by atoms with Crippen LogP contribution in [0.2, 0.25) is 0 Å². The van der Waals surface area contributed by atoms with Crippen molar-refractivity contribution in [2.45, 2.75) is 0 Å². The molecule has 73 valence electrons. The molecule has 0 aliphatic rings. The average Bonchev–Trinajstić information content (AvgIpc) is 2.83. The van der Waals surface area contributed by atoms with Gasteiger partial charge in [0.25, 0.3) is 0 Å². The average molecular weight is 196 g/mol. The van der Waals surface area contributed by atoms with Gasteiger partial charge in [0.1, 0.15) is 0 Å². The molecule has 15 heavy (non-hydrogen) atoms. The minimum Gasteiger partial charge on any atom is -0.320 e. The zero-order valence-electron chi connectivity index (χ0n) is 8.38. The maximum absolute atomic E-state index is 4.32. The molecule has 0 bridgehead atoms. The van der Waals surface area contributed by atoms with Gasteiger partial charge < -0.3 is 4.57 Å². The Labute approximate surface area is 87.6 Å². The van der Waals surface area contributed by atoms with Crippen LogP contribution in [0.1, 0.15) is 0 Å². The molecule has 0 saturated carbocycles. The van der Waals surface area contributed by atoms with Gasteiger partial charge in [-0.1, -0.05) is 6.07 Å². The van der Waals surface area contributed by atoms with E-state index in [1.807, 2.05) is 42.2 Å². The maximum Gasteiger partial charge on any atom is 0.213 e. The molecule has 0 aliphatic carbocycles. The number of imidazole rings is 1. The van der Waals surface area contributed by atoms with E-state index in [2.05, 4.69) is 21.7 Å². The topological polar surface area (TPSA) is 22.8 Å². The highest BCUT2D eigenvalue weighted by atomic mass is 15.2. The summed E-state index contributed by atoms with van der Waals surface area (Å²) in [5, 5.41) is 1.18. The Bertz CT molecular complexity index is 604. The molecule has 0 fully saturated rings. The van der Waals surface area contributed by atoms with Crippen molar-refractivity contribution in [2.75, 3.05) is 0 Å². The van der Waals surface area contributed by atoms with Crippen LogP contribution in [0.3, 0.4) is 0 Å². The Morgan fingerprint density at radius 3 is 3.00 bits per heavy atom. The quantitative estimate of drug-likeness (QED) is 0.584. The molecule has 3 heteroatoms. The van der Waals surface area contributed by atoms with Gasteiger partial charge in [0, 0.05) is 31.0 Å². The number of benzene rings is 1. The van der Waals surface area contributed by atoms with Crippen molar-refractivity contribution >= 4 is 10.9 Å². The van der Waals surface area contributed by atoms with E-state index in [1.54, 1.807) is 6.20 Å². The second-order valence-corrected chi connectivity index (χ2v) is 3.51. The number of aryl methyl sites for hydroxylation is 1. The molecule has 0 amide bonds. The summed E-state index contributed by atoms with van der Waals surface area (Å²) in [6.07, 6.45) is 5.77. The molecule has 0 unspecified atom stereocenters. The van der Waals surface area contributed by atoms with Crippen LogP contribution in [-0.4, -0.2) is 14.1 Å². The van der Waals surface area contributed by atoms with E-state index < -0.39 is 0 Å². The number of hydrogen-bond acceptors (Lipinski definition) is 1. The lowest BCUT2D eigenvalue weighted by molar-refractivity contribution is 0.835. The van der Waals surface area contributed by atoms with Crippen molar-refractivity contribution in [3.63, 3.8) is 0 Å². The van der Waals surface area contributed by atoms with Crippen molar-refractivity contribution < 1.29 is 0 Å². The highest BCUT2D eigenvalue weighted by Crippen LogP contribution is 2.18. The molecule has 0 aliphatic heterocycles. The molecule has 0 saturated heterocycles. The summed E-state index contributed by atoms with van der Waals surface area (Å²) in [5.74, 6) is 0.927. The minimum absolute atomic E-state index is 0.927. The molecule has 2 heterocycles. The van der Waals surface area contributed by atoms with E-state index in [1.165, 1.54) is 5.39 Å².